The van der Waals surface area contributed by atoms with Gasteiger partial charge in [0.05, 0.1) is 0 Å². The molecule has 6 nitrogen and oxygen atoms in total. The minimum Gasteiger partial charge on any atom is -0.462 e. The molecule has 0 spiro atoms. The van der Waals surface area contributed by atoms with Crippen molar-refractivity contribution in [2.45, 2.75) is 316 Å². The van der Waals surface area contributed by atoms with Crippen molar-refractivity contribution in [3.63, 3.8) is 0 Å². The number of hydrogen-bond donors (Lipinski definition) is 0. The van der Waals surface area contributed by atoms with E-state index in [0.717, 1.165) is 141 Å². The van der Waals surface area contributed by atoms with Gasteiger partial charge in [0, 0.05) is 19.3 Å². The van der Waals surface area contributed by atoms with E-state index in [4.69, 9.17) is 14.2 Å². The monoisotopic (exact) mass is 1130 g/mol. The molecule has 0 heterocycles. The van der Waals surface area contributed by atoms with E-state index in [1.165, 1.54) is 128 Å². The third kappa shape index (κ3) is 66.4. The molecule has 0 aromatic rings. The van der Waals surface area contributed by atoms with Gasteiger partial charge in [0.25, 0.3) is 0 Å². The summed E-state index contributed by atoms with van der Waals surface area (Å²) in [4.78, 5) is 38.4. The van der Waals surface area contributed by atoms with Crippen LogP contribution < -0.4 is 0 Å². The number of rotatable bonds is 61. The second-order valence-electron chi connectivity index (χ2n) is 22.3. The molecule has 6 heteroatoms. The van der Waals surface area contributed by atoms with E-state index in [-0.39, 0.29) is 31.1 Å². The Labute approximate surface area is 506 Å². The van der Waals surface area contributed by atoms with E-state index in [0.29, 0.717) is 19.3 Å². The molecule has 0 aliphatic rings. The lowest BCUT2D eigenvalue weighted by Gasteiger charge is -2.18. The second-order valence-corrected chi connectivity index (χ2v) is 22.3. The topological polar surface area (TPSA) is 78.9 Å². The third-order valence-corrected chi connectivity index (χ3v) is 14.4. The van der Waals surface area contributed by atoms with Gasteiger partial charge >= 0.3 is 17.9 Å². The van der Waals surface area contributed by atoms with Crippen molar-refractivity contribution in [2.75, 3.05) is 13.2 Å². The van der Waals surface area contributed by atoms with Crippen molar-refractivity contribution in [1.29, 1.82) is 0 Å². The largest absolute Gasteiger partial charge is 0.462 e. The molecule has 466 valence electrons. The second kappa shape index (κ2) is 69.0. The Morgan fingerprint density at radius 3 is 0.780 bits per heavy atom. The molecule has 0 bridgehead atoms. The van der Waals surface area contributed by atoms with Crippen LogP contribution in [0.25, 0.3) is 0 Å². The molecule has 0 aromatic heterocycles. The van der Waals surface area contributed by atoms with Crippen LogP contribution in [-0.4, -0.2) is 37.2 Å². The van der Waals surface area contributed by atoms with Gasteiger partial charge in [-0.15, -0.1) is 0 Å². The van der Waals surface area contributed by atoms with Gasteiger partial charge in [-0.2, -0.15) is 0 Å². The summed E-state index contributed by atoms with van der Waals surface area (Å²) < 4.78 is 16.9. The molecule has 0 saturated heterocycles. The number of carbonyl (C=O) groups is 3. The lowest BCUT2D eigenvalue weighted by Crippen LogP contribution is -2.30. The highest BCUT2D eigenvalue weighted by atomic mass is 16.6. The Morgan fingerprint density at radius 1 is 0.256 bits per heavy atom. The Kier molecular flexibility index (Phi) is 65.3. The van der Waals surface area contributed by atoms with Crippen LogP contribution in [0.3, 0.4) is 0 Å². The molecule has 1 atom stereocenters. The van der Waals surface area contributed by atoms with Crippen LogP contribution in [0, 0.1) is 0 Å². The highest BCUT2D eigenvalue weighted by molar-refractivity contribution is 5.71. The van der Waals surface area contributed by atoms with E-state index in [1.807, 2.05) is 0 Å². The number of esters is 3. The first-order valence-corrected chi connectivity index (χ1v) is 34.2. The predicted molar refractivity (Wildman–Crippen MR) is 357 cm³/mol. The average molecular weight is 1140 g/mol. The molecule has 1 unspecified atom stereocenters. The number of carbonyl (C=O) groups excluding carboxylic acids is 3. The molecule has 0 saturated carbocycles. The summed E-state index contributed by atoms with van der Waals surface area (Å²) in [5, 5.41) is 0. The Balaban J connectivity index is 4.34. The molecule has 0 fully saturated rings. The first kappa shape index (κ1) is 77.5. The zero-order valence-corrected chi connectivity index (χ0v) is 53.5. The summed E-state index contributed by atoms with van der Waals surface area (Å²) in [5.41, 5.74) is 0. The zero-order valence-electron chi connectivity index (χ0n) is 53.5. The summed E-state index contributed by atoms with van der Waals surface area (Å²) in [6, 6.07) is 0. The number of unbranched alkanes of at least 4 members (excludes halogenated alkanes) is 28. The normalized spacial score (nSPS) is 13.0. The minimum atomic E-state index is -0.796. The van der Waals surface area contributed by atoms with Crippen LogP contribution in [0.15, 0.2) is 134 Å². The van der Waals surface area contributed by atoms with Gasteiger partial charge in [-0.3, -0.25) is 14.4 Å². The fraction of sp³-hybridized carbons (Fsp3) is 0.671. The number of hydrogen-bond acceptors (Lipinski definition) is 6. The Hall–Kier alpha value is -4.45. The van der Waals surface area contributed by atoms with Crippen LogP contribution >= 0.6 is 0 Å². The quantitative estimate of drug-likeness (QED) is 0.0261. The zero-order chi connectivity index (χ0) is 59.2. The van der Waals surface area contributed by atoms with E-state index < -0.39 is 6.10 Å². The van der Waals surface area contributed by atoms with Crippen LogP contribution in [0.4, 0.5) is 0 Å². The maximum absolute atomic E-state index is 12.9. The highest BCUT2D eigenvalue weighted by Crippen LogP contribution is 2.15. The first-order chi connectivity index (χ1) is 40.5. The minimum absolute atomic E-state index is 0.0914. The average Bonchev–Trinajstić information content (AvgIpc) is 3.47. The van der Waals surface area contributed by atoms with E-state index in [2.05, 4.69) is 154 Å². The van der Waals surface area contributed by atoms with Gasteiger partial charge in [0.15, 0.2) is 6.10 Å². The SMILES string of the molecule is CC/C=C\C/C=C\C/C=C\C/C=C\C/C=C\C/C=C\C/C=C\CCCCCCCCCCCC(=O)OCC(COC(=O)CCCCCCC/C=C\CCCCCCC)OC(=O)CCCCCCCC/C=C\C/C=C\C/C=C\CCCCC. The van der Waals surface area contributed by atoms with Crippen LogP contribution in [0.5, 0.6) is 0 Å². The molecule has 0 rings (SSSR count). The van der Waals surface area contributed by atoms with Crippen LogP contribution in [-0.2, 0) is 28.6 Å². The summed E-state index contributed by atoms with van der Waals surface area (Å²) in [6.07, 6.45) is 97.4. The van der Waals surface area contributed by atoms with Gasteiger partial charge < -0.3 is 14.2 Å². The molecule has 0 aliphatic carbocycles. The molecule has 0 amide bonds. The van der Waals surface area contributed by atoms with Crippen molar-refractivity contribution >= 4 is 17.9 Å². The van der Waals surface area contributed by atoms with Gasteiger partial charge in [-0.05, 0) is 141 Å². The van der Waals surface area contributed by atoms with E-state index >= 15 is 0 Å². The molecule has 82 heavy (non-hydrogen) atoms. The van der Waals surface area contributed by atoms with Gasteiger partial charge in [0.2, 0.25) is 0 Å². The summed E-state index contributed by atoms with van der Waals surface area (Å²) in [6.45, 7) is 6.48. The van der Waals surface area contributed by atoms with E-state index in [9.17, 15) is 14.4 Å². The third-order valence-electron chi connectivity index (χ3n) is 14.4. The molecule has 0 radical (unpaired) electrons. The lowest BCUT2D eigenvalue weighted by atomic mass is 10.1. The van der Waals surface area contributed by atoms with Crippen molar-refractivity contribution in [2.24, 2.45) is 0 Å². The maximum atomic E-state index is 12.9. The fourth-order valence-corrected chi connectivity index (χ4v) is 9.25. The Bertz CT molecular complexity index is 1730. The number of allylic oxidation sites excluding steroid dienone is 22. The van der Waals surface area contributed by atoms with Gasteiger partial charge in [-0.25, -0.2) is 0 Å². The summed E-state index contributed by atoms with van der Waals surface area (Å²) >= 11 is 0. The van der Waals surface area contributed by atoms with Crippen molar-refractivity contribution in [1.82, 2.24) is 0 Å². The summed E-state index contributed by atoms with van der Waals surface area (Å²) in [5.74, 6) is -0.912. The summed E-state index contributed by atoms with van der Waals surface area (Å²) in [7, 11) is 0. The fourth-order valence-electron chi connectivity index (χ4n) is 9.25. The highest BCUT2D eigenvalue weighted by Gasteiger charge is 2.19. The van der Waals surface area contributed by atoms with Gasteiger partial charge in [0.1, 0.15) is 13.2 Å². The molecular formula is C76H126O6. The van der Waals surface area contributed by atoms with Crippen molar-refractivity contribution in [3.05, 3.63) is 134 Å². The molecule has 0 N–H and O–H groups in total. The van der Waals surface area contributed by atoms with Crippen molar-refractivity contribution < 1.29 is 28.6 Å². The van der Waals surface area contributed by atoms with Crippen molar-refractivity contribution in [3.8, 4) is 0 Å². The molecular weight excluding hydrogens is 1010 g/mol. The Morgan fingerprint density at radius 2 is 0.476 bits per heavy atom. The van der Waals surface area contributed by atoms with Crippen LogP contribution in [0.2, 0.25) is 0 Å². The van der Waals surface area contributed by atoms with Crippen LogP contribution in [0.1, 0.15) is 310 Å². The van der Waals surface area contributed by atoms with Gasteiger partial charge in [-0.1, -0.05) is 283 Å². The first-order valence-electron chi connectivity index (χ1n) is 34.2. The van der Waals surface area contributed by atoms with E-state index in [1.54, 1.807) is 0 Å². The lowest BCUT2D eigenvalue weighted by molar-refractivity contribution is -0.167. The molecule has 0 aromatic carbocycles. The maximum Gasteiger partial charge on any atom is 0.306 e. The smallest absolute Gasteiger partial charge is 0.306 e. The predicted octanol–water partition coefficient (Wildman–Crippen LogP) is 23.7. The number of ether oxygens (including phenoxy) is 3. The standard InChI is InChI=1S/C76H126O6/c1-4-7-10-13-16-19-22-25-28-30-32-33-34-35-36-37-38-39-40-41-42-43-45-46-48-51-54-57-60-63-66-69-75(78)81-72-73(71-80-74(77)68-65-62-59-56-53-50-27-24-21-18-15-12-9-6-3)82-76(79)70-67-64-61-58-55-52-49-47-44-31-29-26-23-20-17-14-11-8-5-2/h7,10,16-17,19-20,24-29,32-33,35-36,38-39,41-42,44,47,73H,4-6,8-9,11-15,18,21-23,30-31,34,37,40,43,45-46,48-72H2,1-3H3/b10-7-,19-16-,20-17-,27-24-,28-25-,29-26-,33-32-,36-35-,39-38-,42-41-,47-44-. The molecule has 0 aliphatic heterocycles.